The van der Waals surface area contributed by atoms with Gasteiger partial charge in [-0.25, -0.2) is 0 Å². The van der Waals surface area contributed by atoms with Gasteiger partial charge in [0, 0.05) is 0 Å². The van der Waals surface area contributed by atoms with Crippen LogP contribution in [0.25, 0.3) is 0 Å². The molecule has 1 aromatic carbocycles. The average Bonchev–Trinajstić information content (AvgIpc) is 2.52. The largest absolute Gasteiger partial charge is 0.466 e. The summed E-state index contributed by atoms with van der Waals surface area (Å²) in [5.74, 6) is -4.13. The maximum absolute atomic E-state index is 14.2. The summed E-state index contributed by atoms with van der Waals surface area (Å²) < 4.78 is 63.3. The lowest BCUT2D eigenvalue weighted by molar-refractivity contribution is -0.145. The molecule has 29 heavy (non-hydrogen) atoms. The molecular weight excluding hydrogens is 388 g/mol. The summed E-state index contributed by atoms with van der Waals surface area (Å²) in [6.45, 7) is 6.15. The zero-order valence-corrected chi connectivity index (χ0v) is 17.6. The van der Waals surface area contributed by atoms with Crippen LogP contribution in [-0.4, -0.2) is 19.2 Å². The third-order valence-electron chi connectivity index (χ3n) is 4.41. The van der Waals surface area contributed by atoms with Crippen LogP contribution in [0.15, 0.2) is 30.4 Å². The molecule has 0 amide bonds. The molecule has 1 atom stereocenters. The molecule has 1 rings (SSSR count). The summed E-state index contributed by atoms with van der Waals surface area (Å²) in [5, 5.41) is 0. The van der Waals surface area contributed by atoms with Crippen LogP contribution in [0.2, 0.25) is 0 Å². The highest BCUT2D eigenvalue weighted by Gasteiger charge is 2.33. The molecule has 0 radical (unpaired) electrons. The number of esters is 1. The number of rotatable bonds is 11. The standard InChI is InChI=1S/C22H30F4O3/c1-6-10-22(25,26)17-9-8-16(12-18(17)29-20(23)24)11-15(3)13-21(4,5)14-19(27)28-7-2/h6,8-10,12,15,20H,7,11,13-14H2,1-5H3/b10-6+. The number of carbonyl (C=O) groups excluding carboxylic acids is 1. The molecule has 0 spiro atoms. The first-order valence-electron chi connectivity index (χ1n) is 9.65. The zero-order valence-electron chi connectivity index (χ0n) is 17.6. The molecule has 0 aliphatic heterocycles. The van der Waals surface area contributed by atoms with Crippen molar-refractivity contribution in [2.75, 3.05) is 6.61 Å². The number of ether oxygens (including phenoxy) is 2. The van der Waals surface area contributed by atoms with Crippen LogP contribution in [0.4, 0.5) is 17.6 Å². The van der Waals surface area contributed by atoms with Crippen molar-refractivity contribution in [1.82, 2.24) is 0 Å². The molecule has 0 heterocycles. The van der Waals surface area contributed by atoms with Gasteiger partial charge in [-0.3, -0.25) is 4.79 Å². The summed E-state index contributed by atoms with van der Waals surface area (Å²) in [6, 6.07) is 3.87. The molecule has 0 saturated carbocycles. The van der Waals surface area contributed by atoms with Crippen LogP contribution in [0.1, 0.15) is 58.6 Å². The first-order valence-corrected chi connectivity index (χ1v) is 9.65. The Hall–Kier alpha value is -2.05. The molecule has 0 saturated heterocycles. The van der Waals surface area contributed by atoms with E-state index in [0.29, 0.717) is 31.1 Å². The number of hydrogen-bond acceptors (Lipinski definition) is 3. The molecular formula is C22H30F4O3. The Labute approximate surface area is 170 Å². The van der Waals surface area contributed by atoms with Gasteiger partial charge in [-0.15, -0.1) is 0 Å². The predicted molar refractivity (Wildman–Crippen MR) is 104 cm³/mol. The fourth-order valence-electron chi connectivity index (χ4n) is 3.55. The number of benzene rings is 1. The number of carbonyl (C=O) groups is 1. The maximum atomic E-state index is 14.2. The van der Waals surface area contributed by atoms with Gasteiger partial charge in [0.2, 0.25) is 0 Å². The van der Waals surface area contributed by atoms with Gasteiger partial charge in [-0.1, -0.05) is 32.9 Å². The first-order chi connectivity index (χ1) is 13.4. The molecule has 0 bridgehead atoms. The van der Waals surface area contributed by atoms with E-state index in [1.807, 2.05) is 20.8 Å². The van der Waals surface area contributed by atoms with Crippen LogP contribution in [-0.2, 0) is 21.9 Å². The van der Waals surface area contributed by atoms with Crippen molar-refractivity contribution in [3.8, 4) is 5.75 Å². The number of alkyl halides is 4. The zero-order chi connectivity index (χ0) is 22.2. The molecule has 7 heteroatoms. The molecule has 0 aromatic heterocycles. The van der Waals surface area contributed by atoms with Crippen LogP contribution in [0.3, 0.4) is 0 Å². The van der Waals surface area contributed by atoms with Crippen LogP contribution < -0.4 is 4.74 Å². The maximum Gasteiger partial charge on any atom is 0.387 e. The van der Waals surface area contributed by atoms with Gasteiger partial charge >= 0.3 is 12.6 Å². The second-order valence-electron chi connectivity index (χ2n) is 7.99. The Balaban J connectivity index is 2.97. The van der Waals surface area contributed by atoms with E-state index >= 15 is 0 Å². The van der Waals surface area contributed by atoms with E-state index in [4.69, 9.17) is 4.74 Å². The molecule has 1 aromatic rings. The van der Waals surface area contributed by atoms with E-state index in [2.05, 4.69) is 4.74 Å². The van der Waals surface area contributed by atoms with Crippen molar-refractivity contribution in [3.63, 3.8) is 0 Å². The topological polar surface area (TPSA) is 35.5 Å². The van der Waals surface area contributed by atoms with E-state index in [1.54, 1.807) is 6.92 Å². The first kappa shape index (κ1) is 25.0. The summed E-state index contributed by atoms with van der Waals surface area (Å²) in [5.41, 5.74) is -0.303. The highest BCUT2D eigenvalue weighted by atomic mass is 19.3. The molecule has 0 fully saturated rings. The van der Waals surface area contributed by atoms with Gasteiger partial charge in [0.15, 0.2) is 0 Å². The minimum Gasteiger partial charge on any atom is -0.466 e. The molecule has 0 aliphatic carbocycles. The van der Waals surface area contributed by atoms with Crippen LogP contribution in [0, 0.1) is 11.3 Å². The van der Waals surface area contributed by atoms with Crippen molar-refractivity contribution in [1.29, 1.82) is 0 Å². The van der Waals surface area contributed by atoms with Gasteiger partial charge in [0.05, 0.1) is 18.6 Å². The Kier molecular flexibility index (Phi) is 9.17. The number of allylic oxidation sites excluding steroid dienone is 2. The van der Waals surface area contributed by atoms with Crippen LogP contribution in [0.5, 0.6) is 5.75 Å². The normalized spacial score (nSPS) is 13.7. The SMILES string of the molecule is C/C=C/C(F)(F)c1ccc(CC(C)CC(C)(C)CC(=O)OCC)cc1OC(F)F. The molecule has 0 aliphatic rings. The Morgan fingerprint density at radius 2 is 1.90 bits per heavy atom. The average molecular weight is 418 g/mol. The Morgan fingerprint density at radius 1 is 1.24 bits per heavy atom. The van der Waals surface area contributed by atoms with Crippen LogP contribution >= 0.6 is 0 Å². The van der Waals surface area contributed by atoms with Gasteiger partial charge < -0.3 is 9.47 Å². The van der Waals surface area contributed by atoms with E-state index < -0.39 is 23.8 Å². The Morgan fingerprint density at radius 3 is 2.45 bits per heavy atom. The number of halogens is 4. The molecule has 1 unspecified atom stereocenters. The fourth-order valence-corrected chi connectivity index (χ4v) is 3.55. The van der Waals surface area contributed by atoms with E-state index in [0.717, 1.165) is 12.1 Å². The van der Waals surface area contributed by atoms with E-state index in [9.17, 15) is 22.4 Å². The molecule has 0 N–H and O–H groups in total. The lowest BCUT2D eigenvalue weighted by atomic mass is 9.79. The van der Waals surface area contributed by atoms with Crippen molar-refractivity contribution < 1.29 is 31.8 Å². The highest BCUT2D eigenvalue weighted by molar-refractivity contribution is 5.70. The van der Waals surface area contributed by atoms with E-state index in [-0.39, 0.29) is 23.7 Å². The van der Waals surface area contributed by atoms with Gasteiger partial charge in [0.1, 0.15) is 5.75 Å². The predicted octanol–water partition coefficient (Wildman–Crippen LogP) is 6.50. The Bertz CT molecular complexity index is 699. The number of hydrogen-bond donors (Lipinski definition) is 0. The highest BCUT2D eigenvalue weighted by Crippen LogP contribution is 2.38. The van der Waals surface area contributed by atoms with Gasteiger partial charge in [-0.05, 0) is 61.8 Å². The second-order valence-corrected chi connectivity index (χ2v) is 7.99. The van der Waals surface area contributed by atoms with Crippen molar-refractivity contribution in [2.45, 2.75) is 66.4 Å². The lowest BCUT2D eigenvalue weighted by Crippen LogP contribution is -2.22. The second kappa shape index (κ2) is 10.6. The summed E-state index contributed by atoms with van der Waals surface area (Å²) >= 11 is 0. The van der Waals surface area contributed by atoms with Crippen molar-refractivity contribution in [3.05, 3.63) is 41.5 Å². The molecule has 164 valence electrons. The molecule has 3 nitrogen and oxygen atoms in total. The summed E-state index contributed by atoms with van der Waals surface area (Å²) in [4.78, 5) is 11.7. The fraction of sp³-hybridized carbons (Fsp3) is 0.591. The van der Waals surface area contributed by atoms with E-state index in [1.165, 1.54) is 19.1 Å². The van der Waals surface area contributed by atoms with Crippen molar-refractivity contribution >= 4 is 5.97 Å². The van der Waals surface area contributed by atoms with Crippen molar-refractivity contribution in [2.24, 2.45) is 11.3 Å². The smallest absolute Gasteiger partial charge is 0.387 e. The lowest BCUT2D eigenvalue weighted by Gasteiger charge is -2.27. The quantitative estimate of drug-likeness (QED) is 0.234. The minimum absolute atomic E-state index is 0.0840. The third-order valence-corrected chi connectivity index (χ3v) is 4.41. The minimum atomic E-state index is -3.41. The summed E-state index contributed by atoms with van der Waals surface area (Å²) in [6.07, 6.45) is 3.21. The van der Waals surface area contributed by atoms with Gasteiger partial charge in [0.25, 0.3) is 5.92 Å². The monoisotopic (exact) mass is 418 g/mol. The van der Waals surface area contributed by atoms with Gasteiger partial charge in [-0.2, -0.15) is 17.6 Å². The third kappa shape index (κ3) is 8.46. The summed E-state index contributed by atoms with van der Waals surface area (Å²) in [7, 11) is 0.